The van der Waals surface area contributed by atoms with Crippen LogP contribution in [0.15, 0.2) is 72.8 Å². The fourth-order valence-electron chi connectivity index (χ4n) is 3.83. The molecule has 0 saturated heterocycles. The van der Waals surface area contributed by atoms with Gasteiger partial charge in [-0.15, -0.1) is 0 Å². The van der Waals surface area contributed by atoms with Crippen molar-refractivity contribution < 1.29 is 27.8 Å². The Morgan fingerprint density at radius 2 is 1.69 bits per heavy atom. The second-order valence-corrected chi connectivity index (χ2v) is 8.62. The number of carbonyl (C=O) groups is 1. The van der Waals surface area contributed by atoms with Crippen LogP contribution in [0.2, 0.25) is 5.02 Å². The number of carboxylic acids is 1. The van der Waals surface area contributed by atoms with Crippen molar-refractivity contribution in [2.45, 2.75) is 37.9 Å². The lowest BCUT2D eigenvalue weighted by molar-refractivity contribution is -0.138. The number of hydrogen-bond acceptors (Lipinski definition) is 3. The summed E-state index contributed by atoms with van der Waals surface area (Å²) in [6, 6.07) is 20.6. The van der Waals surface area contributed by atoms with E-state index in [1.165, 1.54) is 6.07 Å². The number of ether oxygens (including phenoxy) is 1. The smallest absolute Gasteiger partial charge is 0.417 e. The molecule has 0 saturated carbocycles. The molecular formula is C27H27ClF3NO3. The summed E-state index contributed by atoms with van der Waals surface area (Å²) in [5, 5.41) is 12.1. The Kier molecular flexibility index (Phi) is 9.57. The largest absolute Gasteiger partial charge is 0.494 e. The maximum atomic E-state index is 13.3. The van der Waals surface area contributed by atoms with Gasteiger partial charge in [0.2, 0.25) is 0 Å². The average Bonchev–Trinajstić information content (AvgIpc) is 2.80. The van der Waals surface area contributed by atoms with Crippen LogP contribution in [0.25, 0.3) is 0 Å². The molecule has 3 aromatic carbocycles. The molecule has 0 amide bonds. The maximum Gasteiger partial charge on any atom is 0.417 e. The molecule has 0 bridgehead atoms. The maximum absolute atomic E-state index is 13.3. The van der Waals surface area contributed by atoms with E-state index in [2.05, 4.69) is 5.32 Å². The number of nitrogens with one attached hydrogen (secondary N) is 1. The van der Waals surface area contributed by atoms with Crippen molar-refractivity contribution in [3.8, 4) is 5.75 Å². The quantitative estimate of drug-likeness (QED) is 0.288. The standard InChI is InChI=1S/C27H27ClF3NO3/c28-26-21(10-5-12-24(26)27(29,30)31)18-22(15-19-7-2-1-3-8-19)32-13-6-14-35-23-11-4-9-20(16-23)17-25(33)34/h1-5,7-12,16,22,32H,6,13-15,17-18H2,(H,33,34). The number of halogens is 4. The second kappa shape index (κ2) is 12.6. The predicted molar refractivity (Wildman–Crippen MR) is 130 cm³/mol. The Balaban J connectivity index is 1.60. The first-order chi connectivity index (χ1) is 16.7. The van der Waals surface area contributed by atoms with E-state index < -0.39 is 17.7 Å². The van der Waals surface area contributed by atoms with Crippen LogP contribution in [0.1, 0.15) is 28.7 Å². The molecule has 0 aliphatic heterocycles. The Labute approximate surface area is 207 Å². The van der Waals surface area contributed by atoms with Gasteiger partial charge in [-0.25, -0.2) is 0 Å². The third-order valence-electron chi connectivity index (χ3n) is 5.45. The molecule has 0 aromatic heterocycles. The summed E-state index contributed by atoms with van der Waals surface area (Å²) in [4.78, 5) is 10.9. The summed E-state index contributed by atoms with van der Waals surface area (Å²) in [5.74, 6) is -0.308. The van der Waals surface area contributed by atoms with Gasteiger partial charge in [-0.3, -0.25) is 4.79 Å². The first kappa shape index (κ1) is 26.6. The van der Waals surface area contributed by atoms with Crippen molar-refractivity contribution in [2.75, 3.05) is 13.2 Å². The normalized spacial score (nSPS) is 12.3. The van der Waals surface area contributed by atoms with Crippen molar-refractivity contribution in [3.05, 3.63) is 100 Å². The molecule has 4 nitrogen and oxygen atoms in total. The van der Waals surface area contributed by atoms with Crippen LogP contribution in [0.3, 0.4) is 0 Å². The fraction of sp³-hybridized carbons (Fsp3) is 0.296. The molecule has 1 atom stereocenters. The summed E-state index contributed by atoms with van der Waals surface area (Å²) < 4.78 is 45.6. The van der Waals surface area contributed by atoms with Crippen LogP contribution in [0.5, 0.6) is 5.75 Å². The molecule has 0 aliphatic rings. The van der Waals surface area contributed by atoms with Gasteiger partial charge in [0, 0.05) is 6.04 Å². The molecule has 2 N–H and O–H groups in total. The lowest BCUT2D eigenvalue weighted by atomic mass is 9.97. The highest BCUT2D eigenvalue weighted by atomic mass is 35.5. The van der Waals surface area contributed by atoms with Crippen LogP contribution in [0, 0.1) is 0 Å². The summed E-state index contributed by atoms with van der Waals surface area (Å²) in [6.07, 6.45) is -2.95. The van der Waals surface area contributed by atoms with E-state index in [4.69, 9.17) is 21.4 Å². The van der Waals surface area contributed by atoms with Crippen molar-refractivity contribution in [3.63, 3.8) is 0 Å². The van der Waals surface area contributed by atoms with E-state index in [0.29, 0.717) is 49.3 Å². The van der Waals surface area contributed by atoms with E-state index in [1.807, 2.05) is 30.3 Å². The molecule has 0 spiro atoms. The van der Waals surface area contributed by atoms with Crippen molar-refractivity contribution >= 4 is 17.6 Å². The first-order valence-corrected chi connectivity index (χ1v) is 11.7. The van der Waals surface area contributed by atoms with Crippen molar-refractivity contribution in [1.29, 1.82) is 0 Å². The second-order valence-electron chi connectivity index (χ2n) is 8.24. The molecule has 1 unspecified atom stereocenters. The van der Waals surface area contributed by atoms with Crippen LogP contribution in [-0.2, 0) is 30.2 Å². The number of alkyl halides is 3. The Hall–Kier alpha value is -3.03. The minimum atomic E-state index is -4.51. The minimum Gasteiger partial charge on any atom is -0.494 e. The number of benzene rings is 3. The topological polar surface area (TPSA) is 58.6 Å². The third kappa shape index (κ3) is 8.60. The highest BCUT2D eigenvalue weighted by molar-refractivity contribution is 6.32. The Morgan fingerprint density at radius 1 is 0.971 bits per heavy atom. The van der Waals surface area contributed by atoms with Gasteiger partial charge in [-0.2, -0.15) is 13.2 Å². The number of aliphatic carboxylic acids is 1. The zero-order valence-corrected chi connectivity index (χ0v) is 19.8. The average molecular weight is 506 g/mol. The molecule has 0 fully saturated rings. The number of rotatable bonds is 12. The SMILES string of the molecule is O=C(O)Cc1cccc(OCCCNC(Cc2ccccc2)Cc2cccc(C(F)(F)F)c2Cl)c1. The van der Waals surface area contributed by atoms with Gasteiger partial charge in [0.25, 0.3) is 0 Å². The van der Waals surface area contributed by atoms with Gasteiger partial charge in [0.1, 0.15) is 5.75 Å². The Morgan fingerprint density at radius 3 is 2.40 bits per heavy atom. The summed E-state index contributed by atoms with van der Waals surface area (Å²) >= 11 is 6.13. The van der Waals surface area contributed by atoms with Crippen LogP contribution in [-0.4, -0.2) is 30.3 Å². The molecule has 0 aliphatic carbocycles. The molecule has 3 rings (SSSR count). The van der Waals surface area contributed by atoms with Crippen LogP contribution in [0.4, 0.5) is 13.2 Å². The molecule has 35 heavy (non-hydrogen) atoms. The van der Waals surface area contributed by atoms with E-state index in [-0.39, 0.29) is 17.5 Å². The minimum absolute atomic E-state index is 0.0714. The molecule has 0 heterocycles. The molecule has 186 valence electrons. The van der Waals surface area contributed by atoms with Gasteiger partial charge in [-0.1, -0.05) is 66.2 Å². The van der Waals surface area contributed by atoms with Crippen LogP contribution >= 0.6 is 11.6 Å². The van der Waals surface area contributed by atoms with E-state index in [0.717, 1.165) is 11.6 Å². The highest BCUT2D eigenvalue weighted by Gasteiger charge is 2.34. The molecule has 0 radical (unpaired) electrons. The highest BCUT2D eigenvalue weighted by Crippen LogP contribution is 2.36. The van der Waals surface area contributed by atoms with E-state index in [1.54, 1.807) is 30.3 Å². The molecular weight excluding hydrogens is 479 g/mol. The molecule has 3 aromatic rings. The van der Waals surface area contributed by atoms with Crippen molar-refractivity contribution in [2.24, 2.45) is 0 Å². The molecule has 8 heteroatoms. The van der Waals surface area contributed by atoms with Gasteiger partial charge in [-0.05, 0) is 60.7 Å². The van der Waals surface area contributed by atoms with Gasteiger partial charge in [0.15, 0.2) is 0 Å². The lowest BCUT2D eigenvalue weighted by Crippen LogP contribution is -2.34. The fourth-order valence-corrected chi connectivity index (χ4v) is 4.14. The first-order valence-electron chi connectivity index (χ1n) is 11.3. The monoisotopic (exact) mass is 505 g/mol. The predicted octanol–water partition coefficient (Wildman–Crippen LogP) is 6.20. The summed E-state index contributed by atoms with van der Waals surface area (Å²) in [6.45, 7) is 0.995. The van der Waals surface area contributed by atoms with Crippen LogP contribution < -0.4 is 10.1 Å². The zero-order valence-electron chi connectivity index (χ0n) is 19.0. The van der Waals surface area contributed by atoms with E-state index in [9.17, 15) is 18.0 Å². The third-order valence-corrected chi connectivity index (χ3v) is 5.90. The zero-order chi connectivity index (χ0) is 25.3. The summed E-state index contributed by atoms with van der Waals surface area (Å²) in [5.41, 5.74) is 1.35. The van der Waals surface area contributed by atoms with E-state index >= 15 is 0 Å². The van der Waals surface area contributed by atoms with Gasteiger partial charge >= 0.3 is 12.1 Å². The van der Waals surface area contributed by atoms with Crippen molar-refractivity contribution in [1.82, 2.24) is 5.32 Å². The Bertz CT molecular complexity index is 1110. The van der Waals surface area contributed by atoms with Gasteiger partial charge < -0.3 is 15.2 Å². The lowest BCUT2D eigenvalue weighted by Gasteiger charge is -2.21. The number of hydrogen-bond donors (Lipinski definition) is 2. The van der Waals surface area contributed by atoms with Gasteiger partial charge in [0.05, 0.1) is 23.6 Å². The summed E-state index contributed by atoms with van der Waals surface area (Å²) in [7, 11) is 0. The number of carboxylic acid groups (broad SMARTS) is 1.